The summed E-state index contributed by atoms with van der Waals surface area (Å²) in [5.74, 6) is -0.200. The minimum Gasteiger partial charge on any atom is -0.496 e. The number of hydrogen-bond donors (Lipinski definition) is 1. The summed E-state index contributed by atoms with van der Waals surface area (Å²) >= 11 is 5.75. The normalized spacial score (nSPS) is 11.8. The molecule has 21 heavy (non-hydrogen) atoms. The Morgan fingerprint density at radius 2 is 2.14 bits per heavy atom. The standard InChI is InChI=1S/C15H14ClFN2O2/c1-9(12-8-11(17)3-4-13(12)21-2)19-15(20)10-5-6-18-14(16)7-10/h3-9H,1-2H3,(H,19,20). The van der Waals surface area contributed by atoms with Gasteiger partial charge in [-0.05, 0) is 37.3 Å². The van der Waals surface area contributed by atoms with E-state index in [0.29, 0.717) is 16.9 Å². The minimum atomic E-state index is -0.421. The summed E-state index contributed by atoms with van der Waals surface area (Å²) < 4.78 is 18.5. The fourth-order valence-corrected chi connectivity index (χ4v) is 2.12. The predicted octanol–water partition coefficient (Wildman–Crippen LogP) is 3.37. The van der Waals surface area contributed by atoms with Gasteiger partial charge in [0.05, 0.1) is 13.2 Å². The molecule has 2 rings (SSSR count). The number of hydrogen-bond acceptors (Lipinski definition) is 3. The number of pyridine rings is 1. The van der Waals surface area contributed by atoms with Crippen LogP contribution in [-0.4, -0.2) is 18.0 Å². The van der Waals surface area contributed by atoms with Gasteiger partial charge in [0, 0.05) is 17.3 Å². The lowest BCUT2D eigenvalue weighted by atomic mass is 10.1. The molecule has 0 radical (unpaired) electrons. The molecule has 0 saturated carbocycles. The van der Waals surface area contributed by atoms with Gasteiger partial charge in [-0.2, -0.15) is 0 Å². The van der Waals surface area contributed by atoms with Crippen LogP contribution in [0.4, 0.5) is 4.39 Å². The molecule has 1 unspecified atom stereocenters. The molecule has 0 spiro atoms. The molecule has 4 nitrogen and oxygen atoms in total. The van der Waals surface area contributed by atoms with Gasteiger partial charge in [-0.1, -0.05) is 11.6 Å². The van der Waals surface area contributed by atoms with E-state index < -0.39 is 6.04 Å². The number of methoxy groups -OCH3 is 1. The Bertz CT molecular complexity index is 664. The van der Waals surface area contributed by atoms with E-state index in [-0.39, 0.29) is 16.9 Å². The molecule has 1 amide bonds. The third kappa shape index (κ3) is 3.70. The molecular formula is C15H14ClFN2O2. The molecule has 0 aliphatic rings. The first-order chi connectivity index (χ1) is 10.0. The van der Waals surface area contributed by atoms with Crippen molar-refractivity contribution >= 4 is 17.5 Å². The molecule has 110 valence electrons. The monoisotopic (exact) mass is 308 g/mol. The van der Waals surface area contributed by atoms with Crippen LogP contribution in [0.5, 0.6) is 5.75 Å². The van der Waals surface area contributed by atoms with Gasteiger partial charge in [-0.25, -0.2) is 9.37 Å². The molecule has 1 atom stereocenters. The van der Waals surface area contributed by atoms with Crippen LogP contribution in [0.1, 0.15) is 28.9 Å². The Kier molecular flexibility index (Phi) is 4.75. The van der Waals surface area contributed by atoms with Gasteiger partial charge in [-0.3, -0.25) is 4.79 Å². The fraction of sp³-hybridized carbons (Fsp3) is 0.200. The zero-order valence-electron chi connectivity index (χ0n) is 11.6. The summed E-state index contributed by atoms with van der Waals surface area (Å²) in [6.07, 6.45) is 1.45. The Hall–Kier alpha value is -2.14. The van der Waals surface area contributed by atoms with Crippen LogP contribution in [-0.2, 0) is 0 Å². The number of aromatic nitrogens is 1. The van der Waals surface area contributed by atoms with Crippen molar-refractivity contribution in [1.82, 2.24) is 10.3 Å². The van der Waals surface area contributed by atoms with E-state index in [1.54, 1.807) is 13.0 Å². The highest BCUT2D eigenvalue weighted by atomic mass is 35.5. The second-order valence-electron chi connectivity index (χ2n) is 4.45. The number of carbonyl (C=O) groups is 1. The van der Waals surface area contributed by atoms with Gasteiger partial charge in [0.25, 0.3) is 5.91 Å². The number of ether oxygens (including phenoxy) is 1. The Labute approximate surface area is 126 Å². The molecule has 0 saturated heterocycles. The number of rotatable bonds is 4. The van der Waals surface area contributed by atoms with Crippen LogP contribution in [0, 0.1) is 5.82 Å². The summed E-state index contributed by atoms with van der Waals surface area (Å²) in [6.45, 7) is 1.75. The van der Waals surface area contributed by atoms with Crippen LogP contribution >= 0.6 is 11.6 Å². The van der Waals surface area contributed by atoms with Crippen molar-refractivity contribution in [3.8, 4) is 5.75 Å². The minimum absolute atomic E-state index is 0.235. The second kappa shape index (κ2) is 6.54. The molecular weight excluding hydrogens is 295 g/mol. The average Bonchev–Trinajstić information content (AvgIpc) is 2.47. The van der Waals surface area contributed by atoms with Gasteiger partial charge in [0.2, 0.25) is 0 Å². The molecule has 0 aliphatic heterocycles. The van der Waals surface area contributed by atoms with Crippen LogP contribution in [0.15, 0.2) is 36.5 Å². The van der Waals surface area contributed by atoms with Crippen molar-refractivity contribution in [2.24, 2.45) is 0 Å². The van der Waals surface area contributed by atoms with E-state index >= 15 is 0 Å². The van der Waals surface area contributed by atoms with Gasteiger partial charge in [0.15, 0.2) is 0 Å². The van der Waals surface area contributed by atoms with E-state index in [0.717, 1.165) is 0 Å². The van der Waals surface area contributed by atoms with E-state index in [1.807, 2.05) is 0 Å². The van der Waals surface area contributed by atoms with Crippen molar-refractivity contribution in [3.63, 3.8) is 0 Å². The second-order valence-corrected chi connectivity index (χ2v) is 4.84. The van der Waals surface area contributed by atoms with Gasteiger partial charge < -0.3 is 10.1 Å². The van der Waals surface area contributed by atoms with E-state index in [1.165, 1.54) is 37.6 Å². The summed E-state index contributed by atoms with van der Waals surface area (Å²) in [7, 11) is 1.49. The lowest BCUT2D eigenvalue weighted by Gasteiger charge is -2.17. The van der Waals surface area contributed by atoms with Crippen LogP contribution in [0.25, 0.3) is 0 Å². The smallest absolute Gasteiger partial charge is 0.251 e. The van der Waals surface area contributed by atoms with Crippen molar-refractivity contribution in [1.29, 1.82) is 0 Å². The van der Waals surface area contributed by atoms with E-state index in [2.05, 4.69) is 10.3 Å². The lowest BCUT2D eigenvalue weighted by molar-refractivity contribution is 0.0939. The fourth-order valence-electron chi connectivity index (χ4n) is 1.95. The highest BCUT2D eigenvalue weighted by Gasteiger charge is 2.16. The molecule has 6 heteroatoms. The van der Waals surface area contributed by atoms with Crippen molar-refractivity contribution in [2.75, 3.05) is 7.11 Å². The molecule has 0 aliphatic carbocycles. The molecule has 1 aromatic heterocycles. The van der Waals surface area contributed by atoms with Crippen LogP contribution in [0.3, 0.4) is 0 Å². The summed E-state index contributed by atoms with van der Waals surface area (Å²) in [6, 6.07) is 6.76. The third-order valence-corrected chi connectivity index (χ3v) is 3.20. The first-order valence-electron chi connectivity index (χ1n) is 6.27. The van der Waals surface area contributed by atoms with E-state index in [9.17, 15) is 9.18 Å². The van der Waals surface area contributed by atoms with Crippen molar-refractivity contribution in [2.45, 2.75) is 13.0 Å². The Balaban J connectivity index is 2.20. The first-order valence-corrected chi connectivity index (χ1v) is 6.65. The molecule has 1 N–H and O–H groups in total. The average molecular weight is 309 g/mol. The Morgan fingerprint density at radius 1 is 1.38 bits per heavy atom. The number of carbonyl (C=O) groups excluding carboxylic acids is 1. The predicted molar refractivity (Wildman–Crippen MR) is 78.1 cm³/mol. The molecule has 0 bridgehead atoms. The van der Waals surface area contributed by atoms with Gasteiger partial charge in [-0.15, -0.1) is 0 Å². The zero-order chi connectivity index (χ0) is 15.4. The van der Waals surface area contributed by atoms with Crippen LogP contribution < -0.4 is 10.1 Å². The number of amides is 1. The quantitative estimate of drug-likeness (QED) is 0.881. The number of benzene rings is 1. The third-order valence-electron chi connectivity index (χ3n) is 2.99. The Morgan fingerprint density at radius 3 is 2.81 bits per heavy atom. The molecule has 2 aromatic rings. The molecule has 1 heterocycles. The van der Waals surface area contributed by atoms with Crippen molar-refractivity contribution in [3.05, 3.63) is 58.6 Å². The number of nitrogens with one attached hydrogen (secondary N) is 1. The summed E-state index contributed by atoms with van der Waals surface area (Å²) in [4.78, 5) is 15.9. The van der Waals surface area contributed by atoms with Gasteiger partial charge >= 0.3 is 0 Å². The summed E-state index contributed by atoms with van der Waals surface area (Å²) in [5.41, 5.74) is 0.947. The molecule has 0 fully saturated rings. The zero-order valence-corrected chi connectivity index (χ0v) is 12.3. The highest BCUT2D eigenvalue weighted by Crippen LogP contribution is 2.26. The van der Waals surface area contributed by atoms with Crippen molar-refractivity contribution < 1.29 is 13.9 Å². The topological polar surface area (TPSA) is 51.2 Å². The van der Waals surface area contributed by atoms with Gasteiger partial charge in [0.1, 0.15) is 16.7 Å². The largest absolute Gasteiger partial charge is 0.496 e. The first kappa shape index (κ1) is 15.3. The maximum absolute atomic E-state index is 13.4. The highest BCUT2D eigenvalue weighted by molar-refractivity contribution is 6.29. The molecule has 1 aromatic carbocycles. The summed E-state index contributed by atoms with van der Waals surface area (Å²) in [5, 5.41) is 3.00. The maximum atomic E-state index is 13.4. The number of halogens is 2. The van der Waals surface area contributed by atoms with E-state index in [4.69, 9.17) is 16.3 Å². The van der Waals surface area contributed by atoms with Crippen LogP contribution in [0.2, 0.25) is 5.15 Å². The maximum Gasteiger partial charge on any atom is 0.251 e. The lowest BCUT2D eigenvalue weighted by Crippen LogP contribution is -2.27. The SMILES string of the molecule is COc1ccc(F)cc1C(C)NC(=O)c1ccnc(Cl)c1. The number of nitrogens with zero attached hydrogens (tertiary/aromatic N) is 1.